The molecule has 3 aromatic rings. The van der Waals surface area contributed by atoms with E-state index >= 15 is 0 Å². The minimum atomic E-state index is -0.302. The molecule has 0 radical (unpaired) electrons. The lowest BCUT2D eigenvalue weighted by atomic mass is 9.81. The van der Waals surface area contributed by atoms with Crippen LogP contribution in [0.1, 0.15) is 53.1 Å². The van der Waals surface area contributed by atoms with Crippen molar-refractivity contribution in [3.63, 3.8) is 0 Å². The second-order valence-electron chi connectivity index (χ2n) is 9.27. The van der Waals surface area contributed by atoms with E-state index in [1.54, 1.807) is 7.11 Å². The number of hydrogen-bond donors (Lipinski definition) is 1. The Labute approximate surface area is 208 Å². The van der Waals surface area contributed by atoms with Gasteiger partial charge in [-0.3, -0.25) is 0 Å². The molecule has 0 saturated heterocycles. The molecule has 5 nitrogen and oxygen atoms in total. The molecular weight excluding hydrogens is 438 g/mol. The third kappa shape index (κ3) is 7.38. The van der Waals surface area contributed by atoms with Gasteiger partial charge in [-0.15, -0.1) is 0 Å². The maximum absolute atomic E-state index is 12.3. The summed E-state index contributed by atoms with van der Waals surface area (Å²) in [5, 5.41) is 6.48. The predicted molar refractivity (Wildman–Crippen MR) is 140 cm³/mol. The van der Waals surface area contributed by atoms with Gasteiger partial charge in [0.15, 0.2) is 0 Å². The molecule has 0 heterocycles. The molecule has 0 bridgehead atoms. The molecule has 1 N–H and O–H groups in total. The summed E-state index contributed by atoms with van der Waals surface area (Å²) in [4.78, 5) is 12.3. The largest absolute Gasteiger partial charge is 0.460 e. The van der Waals surface area contributed by atoms with Crippen LogP contribution >= 0.6 is 0 Å². The molecule has 0 aliphatic heterocycles. The van der Waals surface area contributed by atoms with Gasteiger partial charge in [-0.2, -0.15) is 0 Å². The lowest BCUT2D eigenvalue weighted by molar-refractivity contribution is 0.0213. The van der Waals surface area contributed by atoms with Gasteiger partial charge in [0.1, 0.15) is 6.61 Å². The number of rotatable bonds is 12. The first-order chi connectivity index (χ1) is 17.2. The van der Waals surface area contributed by atoms with Crippen molar-refractivity contribution in [2.24, 2.45) is 0 Å². The van der Waals surface area contributed by atoms with E-state index in [0.717, 1.165) is 19.4 Å². The molecule has 0 amide bonds. The normalized spacial score (nSPS) is 18.0. The zero-order valence-corrected chi connectivity index (χ0v) is 20.7. The van der Waals surface area contributed by atoms with Gasteiger partial charge in [-0.05, 0) is 72.2 Å². The quantitative estimate of drug-likeness (QED) is 0.276. The second-order valence-corrected chi connectivity index (χ2v) is 9.27. The number of fused-ring (bicyclic) bond motifs is 1. The number of esters is 1. The van der Waals surface area contributed by atoms with E-state index in [1.165, 1.54) is 41.2 Å². The Hall–Kier alpha value is -2.73. The molecule has 4 rings (SSSR count). The zero-order valence-electron chi connectivity index (χ0n) is 20.7. The highest BCUT2D eigenvalue weighted by molar-refractivity contribution is 5.89. The highest BCUT2D eigenvalue weighted by Crippen LogP contribution is 2.33. The monoisotopic (exact) mass is 475 g/mol. The lowest BCUT2D eigenvalue weighted by Crippen LogP contribution is -2.34. The summed E-state index contributed by atoms with van der Waals surface area (Å²) < 4.78 is 15.6. The van der Waals surface area contributed by atoms with Crippen LogP contribution in [0, 0.1) is 0 Å². The number of carbonyl (C=O) groups excluding carboxylic acids is 1. The van der Waals surface area contributed by atoms with Gasteiger partial charge in [-0.25, -0.2) is 4.79 Å². The molecular formula is C30H37NO4. The molecule has 1 aliphatic rings. The predicted octanol–water partition coefficient (Wildman–Crippen LogP) is 5.52. The van der Waals surface area contributed by atoms with Crippen LogP contribution in [0.15, 0.2) is 66.7 Å². The van der Waals surface area contributed by atoms with Crippen molar-refractivity contribution in [3.05, 3.63) is 83.4 Å². The number of benzene rings is 3. The topological polar surface area (TPSA) is 56.8 Å². The summed E-state index contributed by atoms with van der Waals surface area (Å²) in [6, 6.07) is 23.7. The maximum atomic E-state index is 12.3. The fourth-order valence-electron chi connectivity index (χ4n) is 5.01. The van der Waals surface area contributed by atoms with Crippen LogP contribution in [0.4, 0.5) is 0 Å². The molecule has 3 aromatic carbocycles. The Kier molecular flexibility index (Phi) is 9.70. The van der Waals surface area contributed by atoms with Crippen LogP contribution in [0.3, 0.4) is 0 Å². The highest BCUT2D eigenvalue weighted by Gasteiger charge is 2.23. The van der Waals surface area contributed by atoms with Crippen molar-refractivity contribution in [2.45, 2.75) is 44.1 Å². The summed E-state index contributed by atoms with van der Waals surface area (Å²) >= 11 is 0. The SMILES string of the molecule is COCCOCCOC(=O)c1ccc(C2CCCC(NCCc3cccc4ccccc34)C2)cc1. The van der Waals surface area contributed by atoms with Gasteiger partial charge in [0.25, 0.3) is 0 Å². The van der Waals surface area contributed by atoms with E-state index in [-0.39, 0.29) is 12.6 Å². The fraction of sp³-hybridized carbons (Fsp3) is 0.433. The summed E-state index contributed by atoms with van der Waals surface area (Å²) in [7, 11) is 1.63. The first-order valence-corrected chi connectivity index (χ1v) is 12.8. The van der Waals surface area contributed by atoms with Crippen LogP contribution in [0.2, 0.25) is 0 Å². The van der Waals surface area contributed by atoms with Gasteiger partial charge >= 0.3 is 5.97 Å². The van der Waals surface area contributed by atoms with Crippen LogP contribution < -0.4 is 5.32 Å². The Bertz CT molecular complexity index is 1060. The Balaban J connectivity index is 1.23. The van der Waals surface area contributed by atoms with Crippen molar-refractivity contribution in [3.8, 4) is 0 Å². The molecule has 0 aromatic heterocycles. The lowest BCUT2D eigenvalue weighted by Gasteiger charge is -2.30. The minimum absolute atomic E-state index is 0.249. The average molecular weight is 476 g/mol. The van der Waals surface area contributed by atoms with E-state index in [1.807, 2.05) is 12.1 Å². The molecule has 1 fully saturated rings. The number of carbonyl (C=O) groups is 1. The summed E-state index contributed by atoms with van der Waals surface area (Å²) in [6.07, 6.45) is 5.82. The summed E-state index contributed by atoms with van der Waals surface area (Å²) in [5.74, 6) is 0.224. The van der Waals surface area contributed by atoms with Gasteiger partial charge in [0.2, 0.25) is 0 Å². The maximum Gasteiger partial charge on any atom is 0.338 e. The van der Waals surface area contributed by atoms with Crippen molar-refractivity contribution < 1.29 is 19.0 Å². The van der Waals surface area contributed by atoms with Crippen molar-refractivity contribution in [2.75, 3.05) is 40.1 Å². The molecule has 186 valence electrons. The molecule has 1 aliphatic carbocycles. The number of ether oxygens (including phenoxy) is 3. The van der Waals surface area contributed by atoms with Crippen LogP contribution in [0.5, 0.6) is 0 Å². The molecule has 0 spiro atoms. The van der Waals surface area contributed by atoms with Crippen molar-refractivity contribution >= 4 is 16.7 Å². The third-order valence-electron chi connectivity index (χ3n) is 6.89. The van der Waals surface area contributed by atoms with E-state index in [4.69, 9.17) is 14.2 Å². The van der Waals surface area contributed by atoms with E-state index < -0.39 is 0 Å². The first-order valence-electron chi connectivity index (χ1n) is 12.8. The van der Waals surface area contributed by atoms with Gasteiger partial charge in [0, 0.05) is 13.2 Å². The van der Waals surface area contributed by atoms with Crippen LogP contribution in [0.25, 0.3) is 10.8 Å². The zero-order chi connectivity index (χ0) is 24.3. The van der Waals surface area contributed by atoms with Gasteiger partial charge in [-0.1, -0.05) is 61.0 Å². The fourth-order valence-corrected chi connectivity index (χ4v) is 5.01. The average Bonchev–Trinajstić information content (AvgIpc) is 2.91. The minimum Gasteiger partial charge on any atom is -0.460 e. The van der Waals surface area contributed by atoms with E-state index in [0.29, 0.717) is 37.3 Å². The summed E-state index contributed by atoms with van der Waals surface area (Å²) in [5.41, 5.74) is 3.31. The van der Waals surface area contributed by atoms with E-state index in [9.17, 15) is 4.79 Å². The first kappa shape index (κ1) is 25.4. The van der Waals surface area contributed by atoms with Gasteiger partial charge in [0.05, 0.1) is 25.4 Å². The summed E-state index contributed by atoms with van der Waals surface area (Å²) in [6.45, 7) is 2.66. The molecule has 2 atom stereocenters. The smallest absolute Gasteiger partial charge is 0.338 e. The molecule has 35 heavy (non-hydrogen) atoms. The molecule has 2 unspecified atom stereocenters. The van der Waals surface area contributed by atoms with E-state index in [2.05, 4.69) is 59.9 Å². The van der Waals surface area contributed by atoms with Gasteiger partial charge < -0.3 is 19.5 Å². The molecule has 5 heteroatoms. The number of methoxy groups -OCH3 is 1. The Morgan fingerprint density at radius 1 is 0.914 bits per heavy atom. The molecule has 1 saturated carbocycles. The second kappa shape index (κ2) is 13.4. The Morgan fingerprint density at radius 2 is 1.71 bits per heavy atom. The van der Waals surface area contributed by atoms with Crippen molar-refractivity contribution in [1.82, 2.24) is 5.32 Å². The van der Waals surface area contributed by atoms with Crippen molar-refractivity contribution in [1.29, 1.82) is 0 Å². The highest BCUT2D eigenvalue weighted by atomic mass is 16.6. The standard InChI is InChI=1S/C30H37NO4/c1-33-18-19-34-20-21-35-30(32)26-14-12-23(13-15-26)27-9-5-10-28(22-27)31-17-16-25-8-4-7-24-6-2-3-11-29(24)25/h2-4,6-8,11-15,27-28,31H,5,9-10,16-22H2,1H3. The van der Waals surface area contributed by atoms with Crippen LogP contribution in [-0.2, 0) is 20.6 Å². The number of nitrogens with one attached hydrogen (secondary N) is 1. The Morgan fingerprint density at radius 3 is 2.57 bits per heavy atom. The third-order valence-corrected chi connectivity index (χ3v) is 6.89. The number of hydrogen-bond acceptors (Lipinski definition) is 5. The van der Waals surface area contributed by atoms with Crippen LogP contribution in [-0.4, -0.2) is 52.1 Å².